The molecule has 1 fully saturated rings. The third kappa shape index (κ3) is 2.71. The first-order chi connectivity index (χ1) is 9.34. The number of nitrogens with zero attached hydrogens (tertiary/aromatic N) is 2. The van der Waals surface area contributed by atoms with Gasteiger partial charge in [-0.3, -0.25) is 0 Å². The van der Waals surface area contributed by atoms with Crippen LogP contribution in [0.4, 0.5) is 0 Å². The molecule has 3 nitrogen and oxygen atoms in total. The van der Waals surface area contributed by atoms with Crippen LogP contribution in [0.2, 0.25) is 0 Å². The fourth-order valence-corrected chi connectivity index (χ4v) is 2.82. The van der Waals surface area contributed by atoms with Gasteiger partial charge in [-0.2, -0.15) is 0 Å². The summed E-state index contributed by atoms with van der Waals surface area (Å²) in [6.07, 6.45) is 5.31. The number of aryl methyl sites for hydroxylation is 1. The predicted octanol–water partition coefficient (Wildman–Crippen LogP) is 3.06. The van der Waals surface area contributed by atoms with Crippen molar-refractivity contribution in [2.24, 2.45) is 13.0 Å². The molecule has 1 aromatic carbocycles. The number of imidazole rings is 1. The molecule has 1 saturated heterocycles. The van der Waals surface area contributed by atoms with E-state index in [2.05, 4.69) is 46.9 Å². The summed E-state index contributed by atoms with van der Waals surface area (Å²) in [5, 5.41) is 0. The highest BCUT2D eigenvalue weighted by Gasteiger charge is 2.19. The van der Waals surface area contributed by atoms with Gasteiger partial charge in [-0.05, 0) is 25.2 Å². The minimum absolute atomic E-state index is 0.714. The molecule has 0 radical (unpaired) electrons. The van der Waals surface area contributed by atoms with Crippen molar-refractivity contribution < 1.29 is 4.74 Å². The molecule has 0 atom stereocenters. The molecule has 100 valence electrons. The minimum Gasteiger partial charge on any atom is -0.381 e. The number of rotatable bonds is 3. The Hall–Kier alpha value is -1.61. The zero-order valence-corrected chi connectivity index (χ0v) is 11.4. The Morgan fingerprint density at radius 1 is 1.21 bits per heavy atom. The SMILES string of the molecule is Cn1cnc(CC2CCOCC2)c1-c1ccccc1. The van der Waals surface area contributed by atoms with Gasteiger partial charge in [0.15, 0.2) is 0 Å². The van der Waals surface area contributed by atoms with Crippen LogP contribution in [0.1, 0.15) is 18.5 Å². The Morgan fingerprint density at radius 2 is 1.95 bits per heavy atom. The topological polar surface area (TPSA) is 27.1 Å². The van der Waals surface area contributed by atoms with E-state index in [1.807, 2.05) is 6.33 Å². The monoisotopic (exact) mass is 256 g/mol. The molecule has 0 amide bonds. The van der Waals surface area contributed by atoms with Gasteiger partial charge in [-0.1, -0.05) is 30.3 Å². The first-order valence-electron chi connectivity index (χ1n) is 6.98. The number of ether oxygens (including phenoxy) is 1. The lowest BCUT2D eigenvalue weighted by molar-refractivity contribution is 0.0663. The summed E-state index contributed by atoms with van der Waals surface area (Å²) >= 11 is 0. The summed E-state index contributed by atoms with van der Waals surface area (Å²) in [4.78, 5) is 4.61. The molecule has 2 aromatic rings. The van der Waals surface area contributed by atoms with E-state index < -0.39 is 0 Å². The molecule has 3 rings (SSSR count). The van der Waals surface area contributed by atoms with E-state index in [9.17, 15) is 0 Å². The van der Waals surface area contributed by atoms with Crippen LogP contribution in [-0.4, -0.2) is 22.8 Å². The highest BCUT2D eigenvalue weighted by molar-refractivity contribution is 5.62. The molecule has 0 spiro atoms. The van der Waals surface area contributed by atoms with Crippen molar-refractivity contribution in [3.63, 3.8) is 0 Å². The fraction of sp³-hybridized carbons (Fsp3) is 0.438. The Kier molecular flexibility index (Phi) is 3.65. The van der Waals surface area contributed by atoms with Crippen LogP contribution >= 0.6 is 0 Å². The summed E-state index contributed by atoms with van der Waals surface area (Å²) in [6, 6.07) is 10.5. The van der Waals surface area contributed by atoms with Gasteiger partial charge < -0.3 is 9.30 Å². The summed E-state index contributed by atoms with van der Waals surface area (Å²) in [7, 11) is 2.07. The van der Waals surface area contributed by atoms with Crippen LogP contribution < -0.4 is 0 Å². The second kappa shape index (κ2) is 5.57. The van der Waals surface area contributed by atoms with Crippen LogP contribution in [0.15, 0.2) is 36.7 Å². The lowest BCUT2D eigenvalue weighted by Gasteiger charge is -2.21. The van der Waals surface area contributed by atoms with Crippen molar-refractivity contribution in [3.05, 3.63) is 42.4 Å². The average Bonchev–Trinajstić information content (AvgIpc) is 2.82. The van der Waals surface area contributed by atoms with Crippen LogP contribution in [0.5, 0.6) is 0 Å². The zero-order valence-electron chi connectivity index (χ0n) is 11.4. The Morgan fingerprint density at radius 3 is 2.68 bits per heavy atom. The van der Waals surface area contributed by atoms with Crippen LogP contribution in [-0.2, 0) is 18.2 Å². The van der Waals surface area contributed by atoms with E-state index in [4.69, 9.17) is 4.74 Å². The quantitative estimate of drug-likeness (QED) is 0.844. The van der Waals surface area contributed by atoms with E-state index in [0.717, 1.165) is 32.5 Å². The third-order valence-electron chi connectivity index (χ3n) is 3.88. The molecule has 0 saturated carbocycles. The van der Waals surface area contributed by atoms with Crippen molar-refractivity contribution >= 4 is 0 Å². The van der Waals surface area contributed by atoms with Gasteiger partial charge in [-0.25, -0.2) is 4.98 Å². The van der Waals surface area contributed by atoms with E-state index in [1.165, 1.54) is 17.0 Å². The Labute approximate surface area is 114 Å². The summed E-state index contributed by atoms with van der Waals surface area (Å²) in [5.41, 5.74) is 3.73. The molecule has 0 N–H and O–H groups in total. The van der Waals surface area contributed by atoms with Crippen molar-refractivity contribution in [2.75, 3.05) is 13.2 Å². The van der Waals surface area contributed by atoms with Gasteiger partial charge in [0.1, 0.15) is 0 Å². The predicted molar refractivity (Wildman–Crippen MR) is 75.9 cm³/mol. The number of benzene rings is 1. The maximum absolute atomic E-state index is 5.43. The first-order valence-corrected chi connectivity index (χ1v) is 6.98. The van der Waals surface area contributed by atoms with Crippen molar-refractivity contribution in [1.29, 1.82) is 0 Å². The van der Waals surface area contributed by atoms with E-state index >= 15 is 0 Å². The van der Waals surface area contributed by atoms with Gasteiger partial charge in [0, 0.05) is 25.8 Å². The van der Waals surface area contributed by atoms with Crippen LogP contribution in [0, 0.1) is 5.92 Å². The van der Waals surface area contributed by atoms with Crippen molar-refractivity contribution in [3.8, 4) is 11.3 Å². The van der Waals surface area contributed by atoms with Crippen LogP contribution in [0.3, 0.4) is 0 Å². The van der Waals surface area contributed by atoms with Gasteiger partial charge in [0.2, 0.25) is 0 Å². The summed E-state index contributed by atoms with van der Waals surface area (Å²) < 4.78 is 7.56. The van der Waals surface area contributed by atoms with E-state index in [1.54, 1.807) is 0 Å². The van der Waals surface area contributed by atoms with Gasteiger partial charge >= 0.3 is 0 Å². The average molecular weight is 256 g/mol. The Bertz CT molecular complexity index is 527. The summed E-state index contributed by atoms with van der Waals surface area (Å²) in [5.74, 6) is 0.714. The van der Waals surface area contributed by atoms with E-state index in [-0.39, 0.29) is 0 Å². The number of hydrogen-bond donors (Lipinski definition) is 0. The molecule has 0 aliphatic carbocycles. The maximum Gasteiger partial charge on any atom is 0.0951 e. The highest BCUT2D eigenvalue weighted by atomic mass is 16.5. The van der Waals surface area contributed by atoms with Gasteiger partial charge in [-0.15, -0.1) is 0 Å². The Balaban J connectivity index is 1.86. The molecular weight excluding hydrogens is 236 g/mol. The lowest BCUT2D eigenvalue weighted by Crippen LogP contribution is -2.18. The normalized spacial score (nSPS) is 16.7. The third-order valence-corrected chi connectivity index (χ3v) is 3.88. The van der Waals surface area contributed by atoms with E-state index in [0.29, 0.717) is 5.92 Å². The second-order valence-corrected chi connectivity index (χ2v) is 5.28. The molecule has 0 bridgehead atoms. The maximum atomic E-state index is 5.43. The van der Waals surface area contributed by atoms with Crippen molar-refractivity contribution in [2.45, 2.75) is 19.3 Å². The zero-order chi connectivity index (χ0) is 13.1. The lowest BCUT2D eigenvalue weighted by atomic mass is 9.93. The molecule has 1 aromatic heterocycles. The molecule has 19 heavy (non-hydrogen) atoms. The first kappa shape index (κ1) is 12.4. The fourth-order valence-electron chi connectivity index (χ4n) is 2.82. The standard InChI is InChI=1S/C16H20N2O/c1-18-12-17-15(11-13-7-9-19-10-8-13)16(18)14-5-3-2-4-6-14/h2-6,12-13H,7-11H2,1H3. The smallest absolute Gasteiger partial charge is 0.0951 e. The molecule has 2 heterocycles. The van der Waals surface area contributed by atoms with Gasteiger partial charge in [0.25, 0.3) is 0 Å². The molecule has 3 heteroatoms. The van der Waals surface area contributed by atoms with Crippen LogP contribution in [0.25, 0.3) is 11.3 Å². The number of aromatic nitrogens is 2. The molecule has 1 aliphatic rings. The summed E-state index contributed by atoms with van der Waals surface area (Å²) in [6.45, 7) is 1.80. The highest BCUT2D eigenvalue weighted by Crippen LogP contribution is 2.27. The molecule has 1 aliphatic heterocycles. The van der Waals surface area contributed by atoms with Gasteiger partial charge in [0.05, 0.1) is 17.7 Å². The second-order valence-electron chi connectivity index (χ2n) is 5.28. The largest absolute Gasteiger partial charge is 0.381 e. The number of hydrogen-bond acceptors (Lipinski definition) is 2. The van der Waals surface area contributed by atoms with Crippen molar-refractivity contribution in [1.82, 2.24) is 9.55 Å². The molecule has 0 unspecified atom stereocenters. The molecular formula is C16H20N2O. The minimum atomic E-state index is 0.714.